The first-order valence-corrected chi connectivity index (χ1v) is 7.41. The van der Waals surface area contributed by atoms with Gasteiger partial charge in [-0.2, -0.15) is 4.98 Å². The highest BCUT2D eigenvalue weighted by Gasteiger charge is 2.17. The van der Waals surface area contributed by atoms with Gasteiger partial charge in [-0.05, 0) is 37.6 Å². The fourth-order valence-corrected chi connectivity index (χ4v) is 1.98. The van der Waals surface area contributed by atoms with Gasteiger partial charge in [0, 0.05) is 12.0 Å². The summed E-state index contributed by atoms with van der Waals surface area (Å²) in [6, 6.07) is 7.09. The molecule has 0 aliphatic heterocycles. The van der Waals surface area contributed by atoms with Gasteiger partial charge in [0.1, 0.15) is 11.8 Å². The van der Waals surface area contributed by atoms with Gasteiger partial charge in [0.05, 0.1) is 7.11 Å². The van der Waals surface area contributed by atoms with Crippen LogP contribution in [0.25, 0.3) is 11.4 Å². The predicted molar refractivity (Wildman–Crippen MR) is 82.4 cm³/mol. The normalized spacial score (nSPS) is 12.0. The third-order valence-electron chi connectivity index (χ3n) is 3.30. The van der Waals surface area contributed by atoms with Gasteiger partial charge in [-0.15, -0.1) is 0 Å². The summed E-state index contributed by atoms with van der Waals surface area (Å²) in [5, 5.41) is 6.81. The second-order valence-electron chi connectivity index (χ2n) is 5.08. The lowest BCUT2D eigenvalue weighted by molar-refractivity contribution is -0.122. The topological polar surface area (TPSA) is 77.2 Å². The van der Waals surface area contributed by atoms with Gasteiger partial charge < -0.3 is 14.6 Å². The second kappa shape index (κ2) is 7.59. The molecule has 2 aromatic rings. The van der Waals surface area contributed by atoms with Gasteiger partial charge in [0.2, 0.25) is 17.6 Å². The van der Waals surface area contributed by atoms with Crippen LogP contribution < -0.4 is 10.1 Å². The molecule has 0 bridgehead atoms. The Balaban J connectivity index is 2.02. The lowest BCUT2D eigenvalue weighted by atomic mass is 10.2. The van der Waals surface area contributed by atoms with Crippen LogP contribution in [0.4, 0.5) is 0 Å². The van der Waals surface area contributed by atoms with E-state index < -0.39 is 0 Å². The maximum absolute atomic E-state index is 11.7. The molecule has 6 heteroatoms. The molecule has 1 N–H and O–H groups in total. The van der Waals surface area contributed by atoms with E-state index in [0.29, 0.717) is 18.1 Å². The van der Waals surface area contributed by atoms with Gasteiger partial charge in [0.25, 0.3) is 0 Å². The number of unbranched alkanes of at least 4 members (excludes halogenated alkanes) is 1. The molecule has 1 aromatic heterocycles. The van der Waals surface area contributed by atoms with Crippen molar-refractivity contribution in [3.63, 3.8) is 0 Å². The number of rotatable bonds is 7. The summed E-state index contributed by atoms with van der Waals surface area (Å²) < 4.78 is 10.3. The quantitative estimate of drug-likeness (QED) is 0.850. The number of hydrogen-bond donors (Lipinski definition) is 1. The van der Waals surface area contributed by atoms with E-state index >= 15 is 0 Å². The highest BCUT2D eigenvalue weighted by Crippen LogP contribution is 2.21. The maximum atomic E-state index is 11.7. The van der Waals surface area contributed by atoms with Crippen molar-refractivity contribution in [2.75, 3.05) is 7.11 Å². The van der Waals surface area contributed by atoms with Crippen LogP contribution in [0.15, 0.2) is 28.8 Å². The van der Waals surface area contributed by atoms with Crippen LogP contribution in [-0.4, -0.2) is 23.2 Å². The average molecular weight is 303 g/mol. The number of benzene rings is 1. The predicted octanol–water partition coefficient (Wildman–Crippen LogP) is 3.11. The Kier molecular flexibility index (Phi) is 5.52. The minimum atomic E-state index is -0.302. The summed E-state index contributed by atoms with van der Waals surface area (Å²) in [4.78, 5) is 16.1. The standard InChI is InChI=1S/C16H21N3O3/c1-4-5-6-14(20)17-11(2)16-18-15(19-22-16)12-7-9-13(21-3)10-8-12/h7-11H,4-6H2,1-3H3,(H,17,20)/t11-/m0/s1. The van der Waals surface area contributed by atoms with Gasteiger partial charge in [0.15, 0.2) is 0 Å². The fraction of sp³-hybridized carbons (Fsp3) is 0.438. The summed E-state index contributed by atoms with van der Waals surface area (Å²) in [5.41, 5.74) is 0.834. The Labute approximate surface area is 129 Å². The second-order valence-corrected chi connectivity index (χ2v) is 5.08. The first kappa shape index (κ1) is 16.0. The van der Waals surface area contributed by atoms with E-state index in [-0.39, 0.29) is 11.9 Å². The molecule has 118 valence electrons. The Morgan fingerprint density at radius 3 is 2.73 bits per heavy atom. The van der Waals surface area contributed by atoms with Crippen LogP contribution in [0.2, 0.25) is 0 Å². The maximum Gasteiger partial charge on any atom is 0.249 e. The number of nitrogens with zero attached hydrogens (tertiary/aromatic N) is 2. The van der Waals surface area contributed by atoms with Crippen molar-refractivity contribution in [2.24, 2.45) is 0 Å². The molecule has 0 unspecified atom stereocenters. The zero-order valence-corrected chi connectivity index (χ0v) is 13.1. The molecule has 2 rings (SSSR count). The SMILES string of the molecule is CCCCC(=O)N[C@@H](C)c1nc(-c2ccc(OC)cc2)no1. The zero-order chi connectivity index (χ0) is 15.9. The molecule has 0 aliphatic rings. The van der Waals surface area contributed by atoms with E-state index in [0.717, 1.165) is 24.2 Å². The van der Waals surface area contributed by atoms with Crippen LogP contribution in [0.1, 0.15) is 45.0 Å². The summed E-state index contributed by atoms with van der Waals surface area (Å²) in [6.45, 7) is 3.88. The molecule has 22 heavy (non-hydrogen) atoms. The first-order chi connectivity index (χ1) is 10.6. The number of carbonyl (C=O) groups excluding carboxylic acids is 1. The molecule has 0 saturated heterocycles. The number of methoxy groups -OCH3 is 1. The van der Waals surface area contributed by atoms with E-state index in [4.69, 9.17) is 9.26 Å². The summed E-state index contributed by atoms with van der Waals surface area (Å²) in [5.74, 6) is 1.66. The van der Waals surface area contributed by atoms with E-state index in [2.05, 4.69) is 22.4 Å². The van der Waals surface area contributed by atoms with Crippen molar-refractivity contribution in [1.29, 1.82) is 0 Å². The minimum Gasteiger partial charge on any atom is -0.497 e. The Hall–Kier alpha value is -2.37. The van der Waals surface area contributed by atoms with Crippen molar-refractivity contribution in [1.82, 2.24) is 15.5 Å². The Morgan fingerprint density at radius 2 is 2.09 bits per heavy atom. The van der Waals surface area contributed by atoms with E-state index in [1.807, 2.05) is 31.2 Å². The number of ether oxygens (including phenoxy) is 1. The lowest BCUT2D eigenvalue weighted by Gasteiger charge is -2.08. The highest BCUT2D eigenvalue weighted by atomic mass is 16.5. The third kappa shape index (κ3) is 4.07. The monoisotopic (exact) mass is 303 g/mol. The molecule has 1 aromatic carbocycles. The van der Waals surface area contributed by atoms with Crippen LogP contribution in [0, 0.1) is 0 Å². The number of carbonyl (C=O) groups is 1. The largest absolute Gasteiger partial charge is 0.497 e. The lowest BCUT2D eigenvalue weighted by Crippen LogP contribution is -2.26. The van der Waals surface area contributed by atoms with Crippen LogP contribution in [0.3, 0.4) is 0 Å². The summed E-state index contributed by atoms with van der Waals surface area (Å²) >= 11 is 0. The fourth-order valence-electron chi connectivity index (χ4n) is 1.98. The molecule has 6 nitrogen and oxygen atoms in total. The summed E-state index contributed by atoms with van der Waals surface area (Å²) in [7, 11) is 1.62. The zero-order valence-electron chi connectivity index (χ0n) is 13.1. The molecule has 0 fully saturated rings. The Bertz CT molecular complexity index is 607. The van der Waals surface area contributed by atoms with E-state index in [1.54, 1.807) is 7.11 Å². The molecule has 0 spiro atoms. The van der Waals surface area contributed by atoms with Crippen molar-refractivity contribution >= 4 is 5.91 Å². The molecule has 0 radical (unpaired) electrons. The molecule has 1 atom stereocenters. The summed E-state index contributed by atoms with van der Waals surface area (Å²) in [6.07, 6.45) is 2.38. The minimum absolute atomic E-state index is 0.00134. The van der Waals surface area contributed by atoms with Gasteiger partial charge in [-0.3, -0.25) is 4.79 Å². The molecule has 0 aliphatic carbocycles. The number of aromatic nitrogens is 2. The molecule has 0 saturated carbocycles. The van der Waals surface area contributed by atoms with Crippen molar-refractivity contribution in [2.45, 2.75) is 39.2 Å². The van der Waals surface area contributed by atoms with E-state index in [9.17, 15) is 4.79 Å². The van der Waals surface area contributed by atoms with Crippen molar-refractivity contribution in [3.05, 3.63) is 30.2 Å². The molecule has 1 heterocycles. The highest BCUT2D eigenvalue weighted by molar-refractivity contribution is 5.76. The van der Waals surface area contributed by atoms with Crippen LogP contribution in [-0.2, 0) is 4.79 Å². The van der Waals surface area contributed by atoms with E-state index in [1.165, 1.54) is 0 Å². The average Bonchev–Trinajstić information content (AvgIpc) is 3.03. The van der Waals surface area contributed by atoms with Gasteiger partial charge >= 0.3 is 0 Å². The van der Waals surface area contributed by atoms with Gasteiger partial charge in [-0.1, -0.05) is 18.5 Å². The number of amides is 1. The van der Waals surface area contributed by atoms with Crippen molar-refractivity contribution < 1.29 is 14.1 Å². The molecular weight excluding hydrogens is 282 g/mol. The van der Waals surface area contributed by atoms with Crippen LogP contribution >= 0.6 is 0 Å². The number of hydrogen-bond acceptors (Lipinski definition) is 5. The third-order valence-corrected chi connectivity index (χ3v) is 3.30. The smallest absolute Gasteiger partial charge is 0.249 e. The number of nitrogens with one attached hydrogen (secondary N) is 1. The van der Waals surface area contributed by atoms with Crippen LogP contribution in [0.5, 0.6) is 5.75 Å². The first-order valence-electron chi connectivity index (χ1n) is 7.41. The molecular formula is C16H21N3O3. The van der Waals surface area contributed by atoms with Gasteiger partial charge in [-0.25, -0.2) is 0 Å². The molecule has 1 amide bonds. The Morgan fingerprint density at radius 1 is 1.36 bits per heavy atom. The van der Waals surface area contributed by atoms with Crippen molar-refractivity contribution in [3.8, 4) is 17.1 Å².